The summed E-state index contributed by atoms with van der Waals surface area (Å²) in [5.41, 5.74) is 4.13. The lowest BCUT2D eigenvalue weighted by Crippen LogP contribution is -2.52. The van der Waals surface area contributed by atoms with Crippen molar-refractivity contribution in [2.75, 3.05) is 0 Å². The van der Waals surface area contributed by atoms with Crippen LogP contribution in [0.4, 0.5) is 0 Å². The van der Waals surface area contributed by atoms with Gasteiger partial charge in [0, 0.05) is 23.5 Å². The number of benzene rings is 3. The zero-order valence-electron chi connectivity index (χ0n) is 20.3. The van der Waals surface area contributed by atoms with Gasteiger partial charge in [0.05, 0.1) is 6.42 Å². The highest BCUT2D eigenvalue weighted by Gasteiger charge is 2.32. The first-order chi connectivity index (χ1) is 17.0. The number of carbonyl (C=O) groups excluding carboxylic acids is 2. The summed E-state index contributed by atoms with van der Waals surface area (Å²) in [7, 11) is 0. The molecule has 5 heteroatoms. The van der Waals surface area contributed by atoms with Crippen LogP contribution >= 0.6 is 15.9 Å². The molecule has 35 heavy (non-hydrogen) atoms. The normalized spacial score (nSPS) is 14.5. The van der Waals surface area contributed by atoms with Crippen molar-refractivity contribution in [3.63, 3.8) is 0 Å². The highest BCUT2D eigenvalue weighted by molar-refractivity contribution is 9.10. The summed E-state index contributed by atoms with van der Waals surface area (Å²) < 4.78 is 0.985. The standard InChI is InChI=1S/C30H33BrN2O2/c1-22-8-7-11-25(18-22)20-29(34)33(21-24-14-16-26(31)17-15-24)28(19-23-9-3-2-4-10-23)30(35)32-27-12-5-6-13-27/h2-4,7-11,14-18,27-28H,5-6,12-13,19-21H2,1H3,(H,32,35)/t28-/m0/s1. The highest BCUT2D eigenvalue weighted by Crippen LogP contribution is 2.21. The fourth-order valence-corrected chi connectivity index (χ4v) is 5.07. The summed E-state index contributed by atoms with van der Waals surface area (Å²) >= 11 is 3.49. The topological polar surface area (TPSA) is 49.4 Å². The zero-order chi connectivity index (χ0) is 24.6. The maximum Gasteiger partial charge on any atom is 0.243 e. The predicted molar refractivity (Wildman–Crippen MR) is 144 cm³/mol. The second kappa shape index (κ2) is 12.2. The van der Waals surface area contributed by atoms with E-state index in [1.165, 1.54) is 0 Å². The number of aryl methyl sites for hydroxylation is 1. The summed E-state index contributed by atoms with van der Waals surface area (Å²) in [6, 6.07) is 25.6. The number of nitrogens with zero attached hydrogens (tertiary/aromatic N) is 1. The molecule has 1 aliphatic carbocycles. The van der Waals surface area contributed by atoms with Gasteiger partial charge in [-0.05, 0) is 48.6 Å². The minimum Gasteiger partial charge on any atom is -0.352 e. The van der Waals surface area contributed by atoms with Gasteiger partial charge >= 0.3 is 0 Å². The molecule has 1 aliphatic rings. The monoisotopic (exact) mass is 532 g/mol. The number of hydrogen-bond acceptors (Lipinski definition) is 2. The quantitative estimate of drug-likeness (QED) is 0.367. The van der Waals surface area contributed by atoms with Gasteiger partial charge in [-0.15, -0.1) is 0 Å². The molecule has 182 valence electrons. The van der Waals surface area contributed by atoms with Crippen LogP contribution in [0.2, 0.25) is 0 Å². The van der Waals surface area contributed by atoms with E-state index in [9.17, 15) is 9.59 Å². The van der Waals surface area contributed by atoms with Crippen LogP contribution in [-0.4, -0.2) is 28.8 Å². The van der Waals surface area contributed by atoms with Crippen LogP contribution in [0.3, 0.4) is 0 Å². The van der Waals surface area contributed by atoms with Crippen LogP contribution in [0.15, 0.2) is 83.3 Å². The molecule has 1 fully saturated rings. The van der Waals surface area contributed by atoms with Gasteiger partial charge in [0.25, 0.3) is 0 Å². The number of amides is 2. The van der Waals surface area contributed by atoms with Gasteiger partial charge in [-0.25, -0.2) is 0 Å². The molecule has 0 spiro atoms. The molecule has 2 amide bonds. The van der Waals surface area contributed by atoms with Crippen LogP contribution in [0.1, 0.15) is 47.9 Å². The second-order valence-corrected chi connectivity index (χ2v) is 10.4. The molecule has 4 rings (SSSR count). The molecule has 1 saturated carbocycles. The Kier molecular flexibility index (Phi) is 8.75. The first-order valence-electron chi connectivity index (χ1n) is 12.4. The molecule has 0 heterocycles. The smallest absolute Gasteiger partial charge is 0.243 e. The Morgan fingerprint density at radius 3 is 2.29 bits per heavy atom. The molecule has 0 saturated heterocycles. The molecule has 3 aromatic carbocycles. The summed E-state index contributed by atoms with van der Waals surface area (Å²) in [6.07, 6.45) is 5.05. The van der Waals surface area contributed by atoms with Gasteiger partial charge in [-0.2, -0.15) is 0 Å². The van der Waals surface area contributed by atoms with Gasteiger partial charge in [0.15, 0.2) is 0 Å². The van der Waals surface area contributed by atoms with Gasteiger partial charge < -0.3 is 10.2 Å². The SMILES string of the molecule is Cc1cccc(CC(=O)N(Cc2ccc(Br)cc2)[C@@H](Cc2ccccc2)C(=O)NC2CCCC2)c1. The Labute approximate surface area is 216 Å². The Morgan fingerprint density at radius 1 is 0.914 bits per heavy atom. The van der Waals surface area contributed by atoms with Gasteiger partial charge in [-0.1, -0.05) is 101 Å². The summed E-state index contributed by atoms with van der Waals surface area (Å²) in [4.78, 5) is 29.3. The third-order valence-electron chi connectivity index (χ3n) is 6.68. The van der Waals surface area contributed by atoms with E-state index in [-0.39, 0.29) is 24.3 Å². The molecular formula is C30H33BrN2O2. The molecule has 0 bridgehead atoms. The van der Waals surface area contributed by atoms with Crippen molar-refractivity contribution >= 4 is 27.7 Å². The molecule has 0 aliphatic heterocycles. The van der Waals surface area contributed by atoms with E-state index in [1.54, 1.807) is 4.90 Å². The summed E-state index contributed by atoms with van der Waals surface area (Å²) in [5.74, 6) is -0.100. The van der Waals surface area contributed by atoms with Crippen LogP contribution in [0.5, 0.6) is 0 Å². The molecule has 0 radical (unpaired) electrons. The lowest BCUT2D eigenvalue weighted by molar-refractivity contribution is -0.141. The summed E-state index contributed by atoms with van der Waals surface area (Å²) in [5, 5.41) is 3.26. The Morgan fingerprint density at radius 2 is 1.60 bits per heavy atom. The first-order valence-corrected chi connectivity index (χ1v) is 13.2. The molecule has 4 nitrogen and oxygen atoms in total. The molecular weight excluding hydrogens is 500 g/mol. The average molecular weight is 534 g/mol. The predicted octanol–water partition coefficient (Wildman–Crippen LogP) is 6.00. The van der Waals surface area contributed by atoms with Crippen molar-refractivity contribution in [1.29, 1.82) is 0 Å². The molecule has 3 aromatic rings. The summed E-state index contributed by atoms with van der Waals surface area (Å²) in [6.45, 7) is 2.41. The van der Waals surface area contributed by atoms with Crippen molar-refractivity contribution in [3.8, 4) is 0 Å². The van der Waals surface area contributed by atoms with E-state index < -0.39 is 6.04 Å². The minimum atomic E-state index is -0.584. The van der Waals surface area contributed by atoms with Crippen molar-refractivity contribution in [2.45, 2.75) is 64.1 Å². The lowest BCUT2D eigenvalue weighted by Gasteiger charge is -2.32. The molecule has 1 N–H and O–H groups in total. The average Bonchev–Trinajstić information content (AvgIpc) is 3.36. The molecule has 0 unspecified atom stereocenters. The number of rotatable bonds is 9. The van der Waals surface area contributed by atoms with Crippen LogP contribution in [0.25, 0.3) is 0 Å². The van der Waals surface area contributed by atoms with E-state index in [1.807, 2.05) is 85.8 Å². The Bertz CT molecular complexity index is 1120. The van der Waals surface area contributed by atoms with Gasteiger partial charge in [-0.3, -0.25) is 9.59 Å². The van der Waals surface area contributed by atoms with E-state index >= 15 is 0 Å². The molecule has 1 atom stereocenters. The van der Waals surface area contributed by atoms with Crippen LogP contribution < -0.4 is 5.32 Å². The fourth-order valence-electron chi connectivity index (χ4n) is 4.81. The first kappa shape index (κ1) is 25.2. The lowest BCUT2D eigenvalue weighted by atomic mass is 10.0. The number of carbonyl (C=O) groups is 2. The fraction of sp³-hybridized carbons (Fsp3) is 0.333. The largest absolute Gasteiger partial charge is 0.352 e. The minimum absolute atomic E-state index is 0.0407. The second-order valence-electron chi connectivity index (χ2n) is 9.51. The maximum absolute atomic E-state index is 13.8. The van der Waals surface area contributed by atoms with Crippen molar-refractivity contribution in [1.82, 2.24) is 10.2 Å². The third-order valence-corrected chi connectivity index (χ3v) is 7.21. The number of nitrogens with one attached hydrogen (secondary N) is 1. The maximum atomic E-state index is 13.8. The van der Waals surface area contributed by atoms with E-state index in [0.717, 1.165) is 52.4 Å². The Balaban J connectivity index is 1.65. The zero-order valence-corrected chi connectivity index (χ0v) is 21.8. The van der Waals surface area contributed by atoms with Crippen LogP contribution in [0, 0.1) is 6.92 Å². The highest BCUT2D eigenvalue weighted by atomic mass is 79.9. The van der Waals surface area contributed by atoms with Crippen molar-refractivity contribution in [2.24, 2.45) is 0 Å². The van der Waals surface area contributed by atoms with Gasteiger partial charge in [0.1, 0.15) is 6.04 Å². The number of hydrogen-bond donors (Lipinski definition) is 1. The van der Waals surface area contributed by atoms with Crippen molar-refractivity contribution < 1.29 is 9.59 Å². The molecule has 0 aromatic heterocycles. The van der Waals surface area contributed by atoms with E-state index in [2.05, 4.69) is 21.2 Å². The van der Waals surface area contributed by atoms with Crippen LogP contribution in [-0.2, 0) is 29.0 Å². The van der Waals surface area contributed by atoms with Crippen molar-refractivity contribution in [3.05, 3.63) is 106 Å². The van der Waals surface area contributed by atoms with E-state index in [0.29, 0.717) is 13.0 Å². The third kappa shape index (κ3) is 7.28. The Hall–Kier alpha value is -2.92. The van der Waals surface area contributed by atoms with E-state index in [4.69, 9.17) is 0 Å². The number of halogens is 1. The van der Waals surface area contributed by atoms with Gasteiger partial charge in [0.2, 0.25) is 11.8 Å².